The Morgan fingerprint density at radius 3 is 2.48 bits per heavy atom. The van der Waals surface area contributed by atoms with Gasteiger partial charge in [-0.2, -0.15) is 0 Å². The molecular formula is C21H27Cl4N3O. The summed E-state index contributed by atoms with van der Waals surface area (Å²) in [6, 6.07) is 12.1. The van der Waals surface area contributed by atoms with Crippen molar-refractivity contribution in [2.45, 2.75) is 31.7 Å². The number of nitrogens with zero attached hydrogens (tertiary/aromatic N) is 1. The van der Waals surface area contributed by atoms with Crippen LogP contribution in [0.5, 0.6) is 5.75 Å². The Morgan fingerprint density at radius 2 is 1.79 bits per heavy atom. The van der Waals surface area contributed by atoms with Crippen LogP contribution < -0.4 is 15.8 Å². The Hall–Kier alpha value is -1.17. The first-order valence-corrected chi connectivity index (χ1v) is 10.2. The van der Waals surface area contributed by atoms with Gasteiger partial charge in [-0.1, -0.05) is 11.6 Å². The van der Waals surface area contributed by atoms with Crippen LogP contribution in [0, 0.1) is 0 Å². The van der Waals surface area contributed by atoms with Gasteiger partial charge in [0.15, 0.2) is 0 Å². The van der Waals surface area contributed by atoms with Crippen LogP contribution in [0.2, 0.25) is 5.02 Å². The topological polar surface area (TPSA) is 60.2 Å². The van der Waals surface area contributed by atoms with Gasteiger partial charge in [0, 0.05) is 27.7 Å². The third kappa shape index (κ3) is 6.40. The SMILES string of the molecule is COc1ccc2nc3cc(Cl)ccc3c(NC(CCCN)CCCCl)c2c1.Cl.Cl. The molecule has 29 heavy (non-hydrogen) atoms. The van der Waals surface area contributed by atoms with Crippen molar-refractivity contribution < 1.29 is 4.74 Å². The second-order valence-corrected chi connectivity index (χ2v) is 7.45. The Bertz CT molecular complexity index is 915. The van der Waals surface area contributed by atoms with Crippen LogP contribution in [0.1, 0.15) is 25.7 Å². The number of hydrogen-bond donors (Lipinski definition) is 2. The summed E-state index contributed by atoms with van der Waals surface area (Å²) in [6.07, 6.45) is 3.92. The van der Waals surface area contributed by atoms with Gasteiger partial charge >= 0.3 is 0 Å². The normalized spacial score (nSPS) is 11.6. The largest absolute Gasteiger partial charge is 0.497 e. The average molecular weight is 479 g/mol. The highest BCUT2D eigenvalue weighted by Gasteiger charge is 2.15. The molecule has 8 heteroatoms. The highest BCUT2D eigenvalue weighted by Crippen LogP contribution is 2.35. The number of halogens is 4. The molecule has 0 bridgehead atoms. The van der Waals surface area contributed by atoms with Crippen molar-refractivity contribution in [3.63, 3.8) is 0 Å². The van der Waals surface area contributed by atoms with E-state index in [0.29, 0.717) is 23.5 Å². The highest BCUT2D eigenvalue weighted by molar-refractivity contribution is 6.31. The van der Waals surface area contributed by atoms with Gasteiger partial charge < -0.3 is 15.8 Å². The highest BCUT2D eigenvalue weighted by atomic mass is 35.5. The number of anilines is 1. The number of rotatable bonds is 9. The monoisotopic (exact) mass is 477 g/mol. The third-order valence-electron chi connectivity index (χ3n) is 4.73. The molecule has 0 aliphatic heterocycles. The molecule has 160 valence electrons. The van der Waals surface area contributed by atoms with Crippen LogP contribution in [-0.4, -0.2) is 30.6 Å². The lowest BCUT2D eigenvalue weighted by molar-refractivity contribution is 0.415. The minimum absolute atomic E-state index is 0. The number of methoxy groups -OCH3 is 1. The van der Waals surface area contributed by atoms with E-state index in [9.17, 15) is 0 Å². The average Bonchev–Trinajstić information content (AvgIpc) is 2.68. The molecule has 0 saturated heterocycles. The summed E-state index contributed by atoms with van der Waals surface area (Å²) >= 11 is 12.1. The van der Waals surface area contributed by atoms with Crippen molar-refractivity contribution in [2.75, 3.05) is 24.9 Å². The van der Waals surface area contributed by atoms with Crippen molar-refractivity contribution in [3.05, 3.63) is 41.4 Å². The number of alkyl halides is 1. The minimum atomic E-state index is 0. The van der Waals surface area contributed by atoms with Crippen molar-refractivity contribution in [3.8, 4) is 5.75 Å². The predicted molar refractivity (Wildman–Crippen MR) is 131 cm³/mol. The maximum Gasteiger partial charge on any atom is 0.119 e. The molecule has 0 radical (unpaired) electrons. The van der Waals surface area contributed by atoms with Crippen LogP contribution in [0.15, 0.2) is 36.4 Å². The number of nitrogens with two attached hydrogens (primary N) is 1. The zero-order valence-electron chi connectivity index (χ0n) is 16.3. The molecule has 1 aromatic heterocycles. The van der Waals surface area contributed by atoms with Crippen LogP contribution >= 0.6 is 48.0 Å². The van der Waals surface area contributed by atoms with Gasteiger partial charge in [-0.25, -0.2) is 4.98 Å². The summed E-state index contributed by atoms with van der Waals surface area (Å²) in [5.41, 5.74) is 8.58. The molecule has 0 aliphatic rings. The molecule has 1 heterocycles. The van der Waals surface area contributed by atoms with Crippen LogP contribution in [-0.2, 0) is 0 Å². The number of fused-ring (bicyclic) bond motifs is 2. The Labute approximate surface area is 194 Å². The van der Waals surface area contributed by atoms with Gasteiger partial charge in [-0.05, 0) is 68.6 Å². The van der Waals surface area contributed by atoms with Crippen molar-refractivity contribution >= 4 is 75.5 Å². The first-order valence-electron chi connectivity index (χ1n) is 9.26. The van der Waals surface area contributed by atoms with E-state index >= 15 is 0 Å². The van der Waals surface area contributed by atoms with Gasteiger partial charge in [0.1, 0.15) is 5.75 Å². The third-order valence-corrected chi connectivity index (χ3v) is 5.24. The molecule has 1 unspecified atom stereocenters. The van der Waals surface area contributed by atoms with E-state index in [1.807, 2.05) is 36.4 Å². The van der Waals surface area contributed by atoms with Gasteiger partial charge in [0.2, 0.25) is 0 Å². The summed E-state index contributed by atoms with van der Waals surface area (Å²) in [5.74, 6) is 1.46. The van der Waals surface area contributed by atoms with Crippen molar-refractivity contribution in [2.24, 2.45) is 5.73 Å². The summed E-state index contributed by atoms with van der Waals surface area (Å²) in [7, 11) is 1.67. The molecule has 3 rings (SSSR count). The van der Waals surface area contributed by atoms with Crippen LogP contribution in [0.4, 0.5) is 5.69 Å². The molecule has 1 atom stereocenters. The Balaban J connectivity index is 0.00000210. The number of aromatic nitrogens is 1. The molecule has 3 aromatic rings. The second kappa shape index (κ2) is 12.5. The smallest absolute Gasteiger partial charge is 0.119 e. The van der Waals surface area contributed by atoms with E-state index in [1.54, 1.807) is 7.11 Å². The lowest BCUT2D eigenvalue weighted by Gasteiger charge is -2.22. The fraction of sp³-hybridized carbons (Fsp3) is 0.381. The summed E-state index contributed by atoms with van der Waals surface area (Å²) in [4.78, 5) is 4.79. The predicted octanol–water partition coefficient (Wildman–Crippen LogP) is 6.43. The van der Waals surface area contributed by atoms with E-state index in [0.717, 1.165) is 58.9 Å². The van der Waals surface area contributed by atoms with E-state index in [4.69, 9.17) is 38.7 Å². The molecule has 3 N–H and O–H groups in total. The molecule has 0 saturated carbocycles. The zero-order chi connectivity index (χ0) is 19.2. The van der Waals surface area contributed by atoms with Crippen molar-refractivity contribution in [1.29, 1.82) is 0 Å². The fourth-order valence-corrected chi connectivity index (χ4v) is 3.68. The van der Waals surface area contributed by atoms with Crippen LogP contribution in [0.3, 0.4) is 0 Å². The number of pyridine rings is 1. The molecule has 0 spiro atoms. The first-order chi connectivity index (χ1) is 13.2. The quantitative estimate of drug-likeness (QED) is 0.274. The maximum atomic E-state index is 6.20. The van der Waals surface area contributed by atoms with Crippen molar-refractivity contribution in [1.82, 2.24) is 4.98 Å². The van der Waals surface area contributed by atoms with E-state index in [1.165, 1.54) is 0 Å². The molecule has 0 aliphatic carbocycles. The van der Waals surface area contributed by atoms with Gasteiger partial charge in [0.05, 0.1) is 23.8 Å². The molecule has 0 fully saturated rings. The minimum Gasteiger partial charge on any atom is -0.497 e. The van der Waals surface area contributed by atoms with E-state index in [2.05, 4.69) is 5.32 Å². The van der Waals surface area contributed by atoms with Gasteiger partial charge in [0.25, 0.3) is 0 Å². The fourth-order valence-electron chi connectivity index (χ4n) is 3.36. The first kappa shape index (κ1) is 25.9. The number of ether oxygens (including phenoxy) is 1. The molecule has 2 aromatic carbocycles. The number of hydrogen-bond acceptors (Lipinski definition) is 4. The van der Waals surface area contributed by atoms with Gasteiger partial charge in [-0.15, -0.1) is 36.4 Å². The van der Waals surface area contributed by atoms with Crippen LogP contribution in [0.25, 0.3) is 21.8 Å². The lowest BCUT2D eigenvalue weighted by atomic mass is 10.0. The summed E-state index contributed by atoms with van der Waals surface area (Å²) in [6.45, 7) is 0.681. The lowest BCUT2D eigenvalue weighted by Crippen LogP contribution is -2.21. The molecule has 0 amide bonds. The summed E-state index contributed by atoms with van der Waals surface area (Å²) < 4.78 is 5.43. The Kier molecular flexibility index (Phi) is 11.2. The summed E-state index contributed by atoms with van der Waals surface area (Å²) in [5, 5.41) is 6.51. The standard InChI is InChI=1S/C21H25Cl2N3O.2ClH/c1-27-16-7-9-19-18(13-16)21(17-8-6-14(23)12-20(17)26-19)25-15(4-2-10-22)5-3-11-24;;/h6-9,12-13,15H,2-5,10-11,24H2,1H3,(H,25,26);2*1H. The molecule has 4 nitrogen and oxygen atoms in total. The Morgan fingerprint density at radius 1 is 1.03 bits per heavy atom. The zero-order valence-corrected chi connectivity index (χ0v) is 19.4. The van der Waals surface area contributed by atoms with E-state index in [-0.39, 0.29) is 24.8 Å². The molecular weight excluding hydrogens is 452 g/mol. The number of benzene rings is 2. The second-order valence-electron chi connectivity index (χ2n) is 6.63. The van der Waals surface area contributed by atoms with E-state index < -0.39 is 0 Å². The number of nitrogens with one attached hydrogen (secondary N) is 1. The van der Waals surface area contributed by atoms with Gasteiger partial charge in [-0.3, -0.25) is 0 Å². The maximum absolute atomic E-state index is 6.20.